The van der Waals surface area contributed by atoms with Gasteiger partial charge in [0.15, 0.2) is 5.17 Å². The lowest BCUT2D eigenvalue weighted by atomic mass is 10.1. The number of amides is 2. The van der Waals surface area contributed by atoms with E-state index in [1.807, 2.05) is 55.5 Å². The van der Waals surface area contributed by atoms with Gasteiger partial charge in [0.25, 0.3) is 0 Å². The Hall–Kier alpha value is -3.98. The number of hydrogen-bond acceptors (Lipinski definition) is 7. The Labute approximate surface area is 227 Å². The number of hydrogen-bond donors (Lipinski definition) is 1. The highest BCUT2D eigenvalue weighted by molar-refractivity contribution is 8.15. The lowest BCUT2D eigenvalue weighted by Crippen LogP contribution is -2.46. The second-order valence-electron chi connectivity index (χ2n) is 8.49. The molecule has 3 aromatic carbocycles. The highest BCUT2D eigenvalue weighted by atomic mass is 32.2. The number of nitrogens with one attached hydrogen (secondary N) is 1. The molecule has 2 amide bonds. The summed E-state index contributed by atoms with van der Waals surface area (Å²) in [7, 11) is 3.23. The van der Waals surface area contributed by atoms with Crippen molar-refractivity contribution < 1.29 is 23.8 Å². The molecule has 9 heteroatoms. The monoisotopic (exact) mass is 533 g/mol. The van der Waals surface area contributed by atoms with E-state index >= 15 is 0 Å². The third-order valence-electron chi connectivity index (χ3n) is 5.95. The molecule has 0 bridgehead atoms. The summed E-state index contributed by atoms with van der Waals surface area (Å²) in [6.45, 7) is 2.93. The summed E-state index contributed by atoms with van der Waals surface area (Å²) in [6, 6.07) is 22.2. The summed E-state index contributed by atoms with van der Waals surface area (Å²) in [6.07, 6.45) is 0.721. The maximum Gasteiger partial charge on any atom is 0.238 e. The van der Waals surface area contributed by atoms with Crippen LogP contribution >= 0.6 is 11.8 Å². The van der Waals surface area contributed by atoms with Crippen LogP contribution < -0.4 is 19.5 Å². The number of thioether (sulfide) groups is 1. The van der Waals surface area contributed by atoms with Gasteiger partial charge in [-0.05, 0) is 79.6 Å². The zero-order chi connectivity index (χ0) is 26.9. The Kier molecular flexibility index (Phi) is 9.26. The van der Waals surface area contributed by atoms with Crippen molar-refractivity contribution in [2.45, 2.75) is 25.0 Å². The van der Waals surface area contributed by atoms with Gasteiger partial charge in [-0.15, -0.1) is 0 Å². The summed E-state index contributed by atoms with van der Waals surface area (Å²) in [4.78, 5) is 32.8. The first-order chi connectivity index (χ1) is 18.5. The molecule has 1 aliphatic heterocycles. The van der Waals surface area contributed by atoms with E-state index in [1.165, 1.54) is 11.8 Å². The van der Waals surface area contributed by atoms with E-state index in [2.05, 4.69) is 5.32 Å². The average Bonchev–Trinajstić information content (AvgIpc) is 2.94. The van der Waals surface area contributed by atoms with Gasteiger partial charge in [-0.2, -0.15) is 0 Å². The van der Waals surface area contributed by atoms with Crippen molar-refractivity contribution in [3.8, 4) is 17.2 Å². The number of aliphatic imine (C=N–C) groups is 1. The van der Waals surface area contributed by atoms with Crippen LogP contribution in [0, 0.1) is 0 Å². The minimum absolute atomic E-state index is 0.0811. The van der Waals surface area contributed by atoms with E-state index in [-0.39, 0.29) is 18.2 Å². The average molecular weight is 534 g/mol. The Bertz CT molecular complexity index is 1260. The first-order valence-corrected chi connectivity index (χ1v) is 13.2. The Balaban J connectivity index is 1.51. The van der Waals surface area contributed by atoms with Gasteiger partial charge in [-0.1, -0.05) is 23.9 Å². The number of methoxy groups -OCH3 is 2. The first-order valence-electron chi connectivity index (χ1n) is 12.4. The third kappa shape index (κ3) is 7.07. The highest BCUT2D eigenvalue weighted by Crippen LogP contribution is 2.31. The van der Waals surface area contributed by atoms with Crippen molar-refractivity contribution in [2.24, 2.45) is 4.99 Å². The fourth-order valence-electron chi connectivity index (χ4n) is 3.89. The number of carbonyl (C=O) groups excluding carboxylic acids is 2. The van der Waals surface area contributed by atoms with Gasteiger partial charge in [-0.3, -0.25) is 14.5 Å². The SMILES string of the molecule is CCOc1ccc(NC(=O)C2CC(=O)N(CCc3ccc(OC)cc3)C(=Nc3ccc(OC)cc3)S2)cc1. The van der Waals surface area contributed by atoms with Gasteiger partial charge in [0.1, 0.15) is 22.5 Å². The van der Waals surface area contributed by atoms with Crippen LogP contribution in [0.3, 0.4) is 0 Å². The second kappa shape index (κ2) is 13.0. The molecule has 0 spiro atoms. The fraction of sp³-hybridized carbons (Fsp3) is 0.276. The first kappa shape index (κ1) is 27.1. The molecule has 198 valence electrons. The number of ether oxygens (including phenoxy) is 3. The number of rotatable bonds is 10. The van der Waals surface area contributed by atoms with Gasteiger partial charge in [-0.25, -0.2) is 4.99 Å². The number of anilines is 1. The van der Waals surface area contributed by atoms with Crippen LogP contribution in [0.25, 0.3) is 0 Å². The molecule has 1 fully saturated rings. The van der Waals surface area contributed by atoms with E-state index in [4.69, 9.17) is 19.2 Å². The lowest BCUT2D eigenvalue weighted by molar-refractivity contribution is -0.129. The van der Waals surface area contributed by atoms with Crippen LogP contribution in [0.4, 0.5) is 11.4 Å². The zero-order valence-electron chi connectivity index (χ0n) is 21.7. The summed E-state index contributed by atoms with van der Waals surface area (Å²) in [5.41, 5.74) is 2.38. The molecular formula is C29H31N3O5S. The van der Waals surface area contributed by atoms with Crippen LogP contribution in [0.15, 0.2) is 77.8 Å². The van der Waals surface area contributed by atoms with E-state index in [0.717, 1.165) is 17.1 Å². The Morgan fingerprint density at radius 1 is 0.947 bits per heavy atom. The minimum atomic E-state index is -0.608. The van der Waals surface area contributed by atoms with Gasteiger partial charge in [0.05, 0.1) is 26.5 Å². The van der Waals surface area contributed by atoms with E-state index in [1.54, 1.807) is 43.4 Å². The summed E-state index contributed by atoms with van der Waals surface area (Å²) in [5, 5.41) is 2.80. The molecular weight excluding hydrogens is 502 g/mol. The Morgan fingerprint density at radius 2 is 1.55 bits per heavy atom. The summed E-state index contributed by atoms with van der Waals surface area (Å²) < 4.78 is 15.9. The molecule has 0 aliphatic carbocycles. The largest absolute Gasteiger partial charge is 0.497 e. The van der Waals surface area contributed by atoms with Crippen molar-refractivity contribution in [1.82, 2.24) is 4.90 Å². The predicted octanol–water partition coefficient (Wildman–Crippen LogP) is 5.31. The number of carbonyl (C=O) groups is 2. The zero-order valence-corrected chi connectivity index (χ0v) is 22.5. The standard InChI is InChI=1S/C29H31N3O5S/c1-4-37-25-15-9-21(10-16-25)30-28(34)26-19-27(33)32(18-17-20-5-11-23(35-2)12-6-20)29(38-26)31-22-7-13-24(36-3)14-8-22/h5-16,26H,4,17-19H2,1-3H3,(H,30,34). The Morgan fingerprint density at radius 3 is 2.16 bits per heavy atom. The molecule has 8 nitrogen and oxygen atoms in total. The molecule has 0 aromatic heterocycles. The number of benzene rings is 3. The summed E-state index contributed by atoms with van der Waals surface area (Å²) in [5.74, 6) is 1.84. The fourth-order valence-corrected chi connectivity index (χ4v) is 5.01. The van der Waals surface area contributed by atoms with Crippen molar-refractivity contribution in [3.05, 3.63) is 78.4 Å². The quantitative estimate of drug-likeness (QED) is 0.380. The minimum Gasteiger partial charge on any atom is -0.497 e. The molecule has 0 saturated carbocycles. The van der Waals surface area contributed by atoms with Gasteiger partial charge >= 0.3 is 0 Å². The van der Waals surface area contributed by atoms with Crippen molar-refractivity contribution in [2.75, 3.05) is 32.7 Å². The molecule has 1 saturated heterocycles. The lowest BCUT2D eigenvalue weighted by Gasteiger charge is -2.32. The van der Waals surface area contributed by atoms with Crippen LogP contribution in [-0.2, 0) is 16.0 Å². The van der Waals surface area contributed by atoms with Crippen molar-refractivity contribution in [1.29, 1.82) is 0 Å². The van der Waals surface area contributed by atoms with Crippen LogP contribution in [0.1, 0.15) is 18.9 Å². The second-order valence-corrected chi connectivity index (χ2v) is 9.66. The van der Waals surface area contributed by atoms with Crippen LogP contribution in [0.2, 0.25) is 0 Å². The third-order valence-corrected chi connectivity index (χ3v) is 7.13. The maximum atomic E-state index is 13.3. The predicted molar refractivity (Wildman–Crippen MR) is 151 cm³/mol. The van der Waals surface area contributed by atoms with Gasteiger partial charge in [0, 0.05) is 18.7 Å². The van der Waals surface area contributed by atoms with Crippen LogP contribution in [-0.4, -0.2) is 54.5 Å². The number of amidine groups is 1. The van der Waals surface area contributed by atoms with E-state index in [9.17, 15) is 9.59 Å². The van der Waals surface area contributed by atoms with Crippen LogP contribution in [0.5, 0.6) is 17.2 Å². The molecule has 38 heavy (non-hydrogen) atoms. The van der Waals surface area contributed by atoms with Gasteiger partial charge < -0.3 is 19.5 Å². The van der Waals surface area contributed by atoms with Crippen molar-refractivity contribution >= 4 is 40.1 Å². The highest BCUT2D eigenvalue weighted by Gasteiger charge is 2.35. The van der Waals surface area contributed by atoms with E-state index < -0.39 is 5.25 Å². The maximum absolute atomic E-state index is 13.3. The topological polar surface area (TPSA) is 89.5 Å². The molecule has 4 rings (SSSR count). The number of nitrogens with zero attached hydrogens (tertiary/aromatic N) is 2. The normalized spacial score (nSPS) is 16.3. The molecule has 3 aromatic rings. The molecule has 0 radical (unpaired) electrons. The summed E-state index contributed by atoms with van der Waals surface area (Å²) >= 11 is 1.30. The molecule has 1 atom stereocenters. The molecule has 1 aliphatic rings. The van der Waals surface area contributed by atoms with Crippen molar-refractivity contribution in [3.63, 3.8) is 0 Å². The van der Waals surface area contributed by atoms with Gasteiger partial charge in [0.2, 0.25) is 11.8 Å². The smallest absolute Gasteiger partial charge is 0.238 e. The molecule has 1 unspecified atom stereocenters. The molecule has 1 heterocycles. The van der Waals surface area contributed by atoms with E-state index in [0.29, 0.717) is 41.9 Å². The molecule has 1 N–H and O–H groups in total.